The summed E-state index contributed by atoms with van der Waals surface area (Å²) < 4.78 is 45.2. The standard InChI is InChI=1S/C13H14F3N3O/c1-8(2)19-7-10(6-18-19)20-9-3-4-12(17)11(5-9)13(14,15)16/h3-8H,17H2,1-2H3. The Morgan fingerprint density at radius 1 is 1.25 bits per heavy atom. The van der Waals surface area contributed by atoms with Crippen LogP contribution in [-0.2, 0) is 6.18 Å². The van der Waals surface area contributed by atoms with Crippen LogP contribution in [0.2, 0.25) is 0 Å². The second-order valence-corrected chi connectivity index (χ2v) is 4.60. The first kappa shape index (κ1) is 14.2. The van der Waals surface area contributed by atoms with Crippen LogP contribution in [0.25, 0.3) is 0 Å². The molecule has 2 aromatic rings. The zero-order valence-electron chi connectivity index (χ0n) is 11.0. The number of halogens is 3. The van der Waals surface area contributed by atoms with E-state index in [1.165, 1.54) is 18.3 Å². The molecule has 0 amide bonds. The van der Waals surface area contributed by atoms with Crippen molar-refractivity contribution in [2.24, 2.45) is 0 Å². The van der Waals surface area contributed by atoms with Crippen molar-refractivity contribution in [3.05, 3.63) is 36.2 Å². The minimum absolute atomic E-state index is 0.0647. The lowest BCUT2D eigenvalue weighted by Gasteiger charge is -2.11. The van der Waals surface area contributed by atoms with Gasteiger partial charge in [0.2, 0.25) is 0 Å². The molecular weight excluding hydrogens is 271 g/mol. The van der Waals surface area contributed by atoms with Crippen LogP contribution in [0.5, 0.6) is 11.5 Å². The normalized spacial score (nSPS) is 11.9. The molecule has 108 valence electrons. The number of nitrogen functional groups attached to an aromatic ring is 1. The first-order chi connectivity index (χ1) is 9.27. The van der Waals surface area contributed by atoms with E-state index in [9.17, 15) is 13.2 Å². The molecule has 0 radical (unpaired) electrons. The fourth-order valence-electron chi connectivity index (χ4n) is 1.64. The second kappa shape index (κ2) is 5.07. The summed E-state index contributed by atoms with van der Waals surface area (Å²) in [5.41, 5.74) is 4.08. The summed E-state index contributed by atoms with van der Waals surface area (Å²) in [7, 11) is 0. The highest BCUT2D eigenvalue weighted by Gasteiger charge is 2.33. The molecule has 4 nitrogen and oxygen atoms in total. The summed E-state index contributed by atoms with van der Waals surface area (Å²) in [5.74, 6) is 0.437. The van der Waals surface area contributed by atoms with Crippen LogP contribution >= 0.6 is 0 Å². The van der Waals surface area contributed by atoms with E-state index in [1.54, 1.807) is 10.9 Å². The lowest BCUT2D eigenvalue weighted by Crippen LogP contribution is -2.08. The molecular formula is C13H14F3N3O. The number of aromatic nitrogens is 2. The average molecular weight is 285 g/mol. The zero-order valence-corrected chi connectivity index (χ0v) is 11.0. The Kier molecular flexibility index (Phi) is 3.61. The van der Waals surface area contributed by atoms with Crippen LogP contribution < -0.4 is 10.5 Å². The number of nitrogens with two attached hydrogens (primary N) is 1. The van der Waals surface area contributed by atoms with Crippen molar-refractivity contribution in [1.29, 1.82) is 0 Å². The van der Waals surface area contributed by atoms with Crippen molar-refractivity contribution >= 4 is 5.69 Å². The monoisotopic (exact) mass is 285 g/mol. The van der Waals surface area contributed by atoms with Crippen molar-refractivity contribution in [1.82, 2.24) is 9.78 Å². The molecule has 0 aliphatic heterocycles. The quantitative estimate of drug-likeness (QED) is 0.871. The molecule has 0 atom stereocenters. The fourth-order valence-corrected chi connectivity index (χ4v) is 1.64. The lowest BCUT2D eigenvalue weighted by atomic mass is 10.1. The SMILES string of the molecule is CC(C)n1cc(Oc2ccc(N)c(C(F)(F)F)c2)cn1. The predicted octanol–water partition coefficient (Wildman–Crippen LogP) is 3.86. The Hall–Kier alpha value is -2.18. The highest BCUT2D eigenvalue weighted by atomic mass is 19.4. The zero-order chi connectivity index (χ0) is 14.9. The van der Waals surface area contributed by atoms with E-state index < -0.39 is 11.7 Å². The number of alkyl halides is 3. The van der Waals surface area contributed by atoms with Crippen LogP contribution in [0.4, 0.5) is 18.9 Å². The van der Waals surface area contributed by atoms with E-state index in [1.807, 2.05) is 13.8 Å². The highest BCUT2D eigenvalue weighted by molar-refractivity contribution is 5.52. The van der Waals surface area contributed by atoms with Gasteiger partial charge in [-0.3, -0.25) is 4.68 Å². The molecule has 1 heterocycles. The number of ether oxygens (including phenoxy) is 1. The Bertz CT molecular complexity index is 605. The van der Waals surface area contributed by atoms with Crippen LogP contribution in [0.15, 0.2) is 30.6 Å². The smallest absolute Gasteiger partial charge is 0.418 e. The minimum Gasteiger partial charge on any atom is -0.454 e. The first-order valence-electron chi connectivity index (χ1n) is 5.96. The van der Waals surface area contributed by atoms with Crippen molar-refractivity contribution < 1.29 is 17.9 Å². The molecule has 2 rings (SSSR count). The molecule has 0 spiro atoms. The maximum absolute atomic E-state index is 12.7. The highest BCUT2D eigenvalue weighted by Crippen LogP contribution is 2.36. The van der Waals surface area contributed by atoms with E-state index >= 15 is 0 Å². The molecule has 0 aliphatic rings. The number of anilines is 1. The van der Waals surface area contributed by atoms with E-state index in [4.69, 9.17) is 10.5 Å². The summed E-state index contributed by atoms with van der Waals surface area (Å²) in [4.78, 5) is 0. The molecule has 0 saturated heterocycles. The van der Waals surface area contributed by atoms with Gasteiger partial charge in [0, 0.05) is 11.7 Å². The maximum atomic E-state index is 12.7. The molecule has 0 unspecified atom stereocenters. The molecule has 7 heteroatoms. The van der Waals surface area contributed by atoms with Crippen LogP contribution in [0.1, 0.15) is 25.5 Å². The minimum atomic E-state index is -4.51. The largest absolute Gasteiger partial charge is 0.454 e. The third kappa shape index (κ3) is 3.04. The van der Waals surface area contributed by atoms with Gasteiger partial charge in [0.05, 0.1) is 18.0 Å². The van der Waals surface area contributed by atoms with Gasteiger partial charge >= 0.3 is 6.18 Å². The number of hydrogen-bond acceptors (Lipinski definition) is 3. The van der Waals surface area contributed by atoms with Crippen molar-refractivity contribution in [3.8, 4) is 11.5 Å². The number of benzene rings is 1. The molecule has 0 fully saturated rings. The van der Waals surface area contributed by atoms with E-state index in [-0.39, 0.29) is 17.5 Å². The Labute approximate surface area is 114 Å². The summed E-state index contributed by atoms with van der Waals surface area (Å²) in [6.07, 6.45) is -1.44. The van der Waals surface area contributed by atoms with Gasteiger partial charge in [0.15, 0.2) is 5.75 Å². The Morgan fingerprint density at radius 3 is 2.50 bits per heavy atom. The van der Waals surface area contributed by atoms with E-state index in [0.717, 1.165) is 6.07 Å². The summed E-state index contributed by atoms with van der Waals surface area (Å²) in [6.45, 7) is 3.86. The molecule has 0 bridgehead atoms. The van der Waals surface area contributed by atoms with E-state index in [2.05, 4.69) is 5.10 Å². The molecule has 20 heavy (non-hydrogen) atoms. The Balaban J connectivity index is 2.25. The average Bonchev–Trinajstić information content (AvgIpc) is 2.79. The third-order valence-corrected chi connectivity index (χ3v) is 2.67. The third-order valence-electron chi connectivity index (χ3n) is 2.67. The summed E-state index contributed by atoms with van der Waals surface area (Å²) in [5, 5.41) is 4.05. The van der Waals surface area contributed by atoms with Gasteiger partial charge in [-0.15, -0.1) is 0 Å². The van der Waals surface area contributed by atoms with Gasteiger partial charge in [0.1, 0.15) is 5.75 Å². The molecule has 1 aromatic heterocycles. The summed E-state index contributed by atoms with van der Waals surface area (Å²) in [6, 6.07) is 3.58. The summed E-state index contributed by atoms with van der Waals surface area (Å²) >= 11 is 0. The van der Waals surface area contributed by atoms with Gasteiger partial charge < -0.3 is 10.5 Å². The van der Waals surface area contributed by atoms with Crippen LogP contribution in [-0.4, -0.2) is 9.78 Å². The van der Waals surface area contributed by atoms with Crippen molar-refractivity contribution in [2.45, 2.75) is 26.1 Å². The van der Waals surface area contributed by atoms with Gasteiger partial charge in [-0.2, -0.15) is 18.3 Å². The first-order valence-corrected chi connectivity index (χ1v) is 5.96. The molecule has 0 aliphatic carbocycles. The fraction of sp³-hybridized carbons (Fsp3) is 0.308. The molecule has 0 saturated carbocycles. The van der Waals surface area contributed by atoms with Crippen LogP contribution in [0, 0.1) is 0 Å². The maximum Gasteiger partial charge on any atom is 0.418 e. The topological polar surface area (TPSA) is 53.1 Å². The lowest BCUT2D eigenvalue weighted by molar-refractivity contribution is -0.137. The number of hydrogen-bond donors (Lipinski definition) is 1. The van der Waals surface area contributed by atoms with Crippen LogP contribution in [0.3, 0.4) is 0 Å². The van der Waals surface area contributed by atoms with E-state index in [0.29, 0.717) is 5.75 Å². The second-order valence-electron chi connectivity index (χ2n) is 4.60. The molecule has 2 N–H and O–H groups in total. The van der Waals surface area contributed by atoms with Gasteiger partial charge in [-0.05, 0) is 32.0 Å². The van der Waals surface area contributed by atoms with Crippen molar-refractivity contribution in [2.75, 3.05) is 5.73 Å². The van der Waals surface area contributed by atoms with Gasteiger partial charge in [0.25, 0.3) is 0 Å². The van der Waals surface area contributed by atoms with Crippen molar-refractivity contribution in [3.63, 3.8) is 0 Å². The van der Waals surface area contributed by atoms with Gasteiger partial charge in [-0.25, -0.2) is 0 Å². The molecule has 1 aromatic carbocycles. The van der Waals surface area contributed by atoms with Gasteiger partial charge in [-0.1, -0.05) is 0 Å². The predicted molar refractivity (Wildman–Crippen MR) is 68.5 cm³/mol. The number of rotatable bonds is 3. The Morgan fingerprint density at radius 2 is 1.95 bits per heavy atom. The number of nitrogens with zero attached hydrogens (tertiary/aromatic N) is 2.